The van der Waals surface area contributed by atoms with Gasteiger partial charge in [-0.25, -0.2) is 0 Å². The molecule has 0 radical (unpaired) electrons. The number of hydrogen-bond donors (Lipinski definition) is 1. The minimum atomic E-state index is -0.348. The van der Waals surface area contributed by atoms with Crippen molar-refractivity contribution >= 4 is 29.2 Å². The van der Waals surface area contributed by atoms with Gasteiger partial charge in [-0.3, -0.25) is 14.4 Å². The van der Waals surface area contributed by atoms with Crippen LogP contribution in [0.4, 0.5) is 0 Å². The van der Waals surface area contributed by atoms with Crippen molar-refractivity contribution in [3.05, 3.63) is 106 Å². The maximum atomic E-state index is 12.9. The number of rotatable bonds is 6. The van der Waals surface area contributed by atoms with Crippen molar-refractivity contribution in [2.24, 2.45) is 0 Å². The molecule has 0 spiro atoms. The van der Waals surface area contributed by atoms with Crippen molar-refractivity contribution in [3.8, 4) is 0 Å². The zero-order valence-corrected chi connectivity index (χ0v) is 18.3. The van der Waals surface area contributed by atoms with Crippen molar-refractivity contribution in [2.45, 2.75) is 19.4 Å². The maximum Gasteiger partial charge on any atom is 0.253 e. The third kappa shape index (κ3) is 4.89. The largest absolute Gasteiger partial charge is 0.348 e. The summed E-state index contributed by atoms with van der Waals surface area (Å²) in [6.45, 7) is 1.83. The summed E-state index contributed by atoms with van der Waals surface area (Å²) in [6.07, 6.45) is 2.07. The molecule has 3 aromatic carbocycles. The van der Waals surface area contributed by atoms with Gasteiger partial charge in [0, 0.05) is 41.3 Å². The lowest BCUT2D eigenvalue weighted by atomic mass is 9.98. The smallest absolute Gasteiger partial charge is 0.253 e. The first-order chi connectivity index (χ1) is 15.5. The molecule has 1 N–H and O–H groups in total. The van der Waals surface area contributed by atoms with E-state index in [9.17, 15) is 14.4 Å². The van der Waals surface area contributed by atoms with Crippen LogP contribution in [0.25, 0.3) is 0 Å². The highest BCUT2D eigenvalue weighted by atomic mass is 35.5. The summed E-state index contributed by atoms with van der Waals surface area (Å²) in [5.74, 6) is -0.570. The van der Waals surface area contributed by atoms with Gasteiger partial charge < -0.3 is 10.2 Å². The molecular formula is C26H23ClN2O3. The van der Waals surface area contributed by atoms with E-state index >= 15 is 0 Å². The monoisotopic (exact) mass is 446 g/mol. The Kier molecular flexibility index (Phi) is 6.66. The van der Waals surface area contributed by atoms with Gasteiger partial charge in [0.15, 0.2) is 5.78 Å². The third-order valence-corrected chi connectivity index (χ3v) is 5.79. The first-order valence-electron chi connectivity index (χ1n) is 10.6. The second-order valence-electron chi connectivity index (χ2n) is 7.76. The number of amides is 2. The number of nitrogens with zero attached hydrogens (tertiary/aromatic N) is 1. The maximum absolute atomic E-state index is 12.9. The second kappa shape index (κ2) is 9.79. The number of carbonyl (C=O) groups is 3. The lowest BCUT2D eigenvalue weighted by Gasteiger charge is -2.16. The molecule has 32 heavy (non-hydrogen) atoms. The molecule has 0 bridgehead atoms. The Labute approximate surface area is 192 Å². The van der Waals surface area contributed by atoms with Gasteiger partial charge >= 0.3 is 0 Å². The number of nitrogens with one attached hydrogen (secondary N) is 1. The molecule has 6 heteroatoms. The summed E-state index contributed by atoms with van der Waals surface area (Å²) >= 11 is 5.91. The SMILES string of the molecule is O=C(NCc1cccc(C(=O)N2CCCC2)c1)c1ccccc1C(=O)c1ccc(Cl)cc1. The molecule has 3 aromatic rings. The van der Waals surface area contributed by atoms with E-state index in [1.165, 1.54) is 0 Å². The molecule has 1 aliphatic heterocycles. The molecule has 4 rings (SSSR count). The molecule has 0 saturated carbocycles. The average molecular weight is 447 g/mol. The molecule has 0 aromatic heterocycles. The van der Waals surface area contributed by atoms with Crippen molar-refractivity contribution in [1.82, 2.24) is 10.2 Å². The van der Waals surface area contributed by atoms with Gasteiger partial charge in [-0.05, 0) is 60.9 Å². The molecule has 1 saturated heterocycles. The molecule has 1 aliphatic rings. The van der Waals surface area contributed by atoms with Crippen LogP contribution in [0.3, 0.4) is 0 Å². The molecule has 1 fully saturated rings. The van der Waals surface area contributed by atoms with E-state index in [4.69, 9.17) is 11.6 Å². The van der Waals surface area contributed by atoms with Gasteiger partial charge in [-0.1, -0.05) is 41.9 Å². The van der Waals surface area contributed by atoms with Crippen LogP contribution in [-0.4, -0.2) is 35.6 Å². The summed E-state index contributed by atoms with van der Waals surface area (Å²) < 4.78 is 0. The van der Waals surface area contributed by atoms with E-state index < -0.39 is 0 Å². The van der Waals surface area contributed by atoms with Crippen LogP contribution in [0.5, 0.6) is 0 Å². The highest BCUT2D eigenvalue weighted by molar-refractivity contribution is 6.30. The Bertz CT molecular complexity index is 1150. The summed E-state index contributed by atoms with van der Waals surface area (Å²) in [7, 11) is 0. The normalized spacial score (nSPS) is 13.1. The number of carbonyl (C=O) groups excluding carboxylic acids is 3. The fraction of sp³-hybridized carbons (Fsp3) is 0.192. The zero-order valence-electron chi connectivity index (χ0n) is 17.5. The predicted molar refractivity (Wildman–Crippen MR) is 124 cm³/mol. The molecule has 162 valence electrons. The highest BCUT2D eigenvalue weighted by Gasteiger charge is 2.20. The summed E-state index contributed by atoms with van der Waals surface area (Å²) in [5, 5.41) is 3.41. The van der Waals surface area contributed by atoms with E-state index in [2.05, 4.69) is 5.32 Å². The Balaban J connectivity index is 1.47. The number of benzene rings is 3. The van der Waals surface area contributed by atoms with Gasteiger partial charge in [0.2, 0.25) is 0 Å². The van der Waals surface area contributed by atoms with Crippen LogP contribution >= 0.6 is 11.6 Å². The molecule has 1 heterocycles. The molecule has 0 atom stereocenters. The number of halogens is 1. The molecule has 2 amide bonds. The van der Waals surface area contributed by atoms with E-state index in [1.807, 2.05) is 23.1 Å². The van der Waals surface area contributed by atoms with Crippen molar-refractivity contribution in [1.29, 1.82) is 0 Å². The number of likely N-dealkylation sites (tertiary alicyclic amines) is 1. The number of ketones is 1. The highest BCUT2D eigenvalue weighted by Crippen LogP contribution is 2.18. The van der Waals surface area contributed by atoms with Crippen LogP contribution in [0, 0.1) is 0 Å². The topological polar surface area (TPSA) is 66.5 Å². The molecular weight excluding hydrogens is 424 g/mol. The van der Waals surface area contributed by atoms with Crippen molar-refractivity contribution in [2.75, 3.05) is 13.1 Å². The summed E-state index contributed by atoms with van der Waals surface area (Å²) in [6, 6.07) is 20.6. The third-order valence-electron chi connectivity index (χ3n) is 5.54. The van der Waals surface area contributed by atoms with Crippen LogP contribution < -0.4 is 5.32 Å². The second-order valence-corrected chi connectivity index (χ2v) is 8.20. The fourth-order valence-electron chi connectivity index (χ4n) is 3.83. The Hall–Kier alpha value is -3.44. The summed E-state index contributed by atoms with van der Waals surface area (Å²) in [5.41, 5.74) is 2.53. The standard InChI is InChI=1S/C26H23ClN2O3/c27-21-12-10-19(11-13-21)24(30)22-8-1-2-9-23(22)25(31)28-17-18-6-5-7-20(16-18)26(32)29-14-3-4-15-29/h1-2,5-13,16H,3-4,14-15,17H2,(H,28,31). The lowest BCUT2D eigenvalue weighted by Crippen LogP contribution is -2.28. The van der Waals surface area contributed by atoms with E-state index in [0.717, 1.165) is 31.5 Å². The van der Waals surface area contributed by atoms with Gasteiger partial charge in [0.25, 0.3) is 11.8 Å². The average Bonchev–Trinajstić information content (AvgIpc) is 3.37. The van der Waals surface area contributed by atoms with Crippen LogP contribution in [0.2, 0.25) is 5.02 Å². The van der Waals surface area contributed by atoms with E-state index in [0.29, 0.717) is 27.3 Å². The summed E-state index contributed by atoms with van der Waals surface area (Å²) in [4.78, 5) is 40.3. The minimum absolute atomic E-state index is 0.0228. The van der Waals surface area contributed by atoms with Gasteiger partial charge in [-0.2, -0.15) is 0 Å². The predicted octanol–water partition coefficient (Wildman–Crippen LogP) is 4.74. The van der Waals surface area contributed by atoms with E-state index in [-0.39, 0.29) is 24.1 Å². The van der Waals surface area contributed by atoms with Crippen molar-refractivity contribution < 1.29 is 14.4 Å². The van der Waals surface area contributed by atoms with Gasteiger partial charge in [-0.15, -0.1) is 0 Å². The quantitative estimate of drug-likeness (QED) is 0.556. The zero-order chi connectivity index (χ0) is 22.5. The molecule has 0 unspecified atom stereocenters. The van der Waals surface area contributed by atoms with Crippen LogP contribution in [-0.2, 0) is 6.54 Å². The Morgan fingerprint density at radius 3 is 2.22 bits per heavy atom. The Morgan fingerprint density at radius 1 is 0.812 bits per heavy atom. The lowest BCUT2D eigenvalue weighted by molar-refractivity contribution is 0.0792. The van der Waals surface area contributed by atoms with Crippen LogP contribution in [0.15, 0.2) is 72.8 Å². The first-order valence-corrected chi connectivity index (χ1v) is 11.0. The van der Waals surface area contributed by atoms with Crippen LogP contribution in [0.1, 0.15) is 55.0 Å². The van der Waals surface area contributed by atoms with Gasteiger partial charge in [0.1, 0.15) is 0 Å². The fourth-order valence-corrected chi connectivity index (χ4v) is 3.96. The molecule has 0 aliphatic carbocycles. The van der Waals surface area contributed by atoms with E-state index in [1.54, 1.807) is 54.6 Å². The first kappa shape index (κ1) is 21.8. The number of hydrogen-bond acceptors (Lipinski definition) is 3. The Morgan fingerprint density at radius 2 is 1.50 bits per heavy atom. The molecule has 5 nitrogen and oxygen atoms in total. The minimum Gasteiger partial charge on any atom is -0.348 e. The van der Waals surface area contributed by atoms with Gasteiger partial charge in [0.05, 0.1) is 5.56 Å². The van der Waals surface area contributed by atoms with Crippen molar-refractivity contribution in [3.63, 3.8) is 0 Å².